The van der Waals surface area contributed by atoms with Gasteiger partial charge in [-0.05, 0) is 24.2 Å². The molecule has 2 heteroatoms. The summed E-state index contributed by atoms with van der Waals surface area (Å²) in [6.45, 7) is 1.81. The molecule has 0 atom stereocenters. The summed E-state index contributed by atoms with van der Waals surface area (Å²) in [5.74, 6) is 0. The SMILES string of the molecule is CN(Cc1ccccc1)Cc1ccccc1Cl. The van der Waals surface area contributed by atoms with E-state index in [0.29, 0.717) is 0 Å². The molecule has 0 aromatic heterocycles. The van der Waals surface area contributed by atoms with Crippen molar-refractivity contribution in [3.05, 3.63) is 70.7 Å². The van der Waals surface area contributed by atoms with Crippen molar-refractivity contribution in [2.75, 3.05) is 7.05 Å². The zero-order valence-corrected chi connectivity index (χ0v) is 10.7. The molecule has 0 heterocycles. The fraction of sp³-hybridized carbons (Fsp3) is 0.200. The zero-order chi connectivity index (χ0) is 12.1. The molecule has 88 valence electrons. The van der Waals surface area contributed by atoms with Gasteiger partial charge in [0, 0.05) is 18.1 Å². The third-order valence-corrected chi connectivity index (χ3v) is 3.06. The second-order valence-electron chi connectivity index (χ2n) is 4.25. The summed E-state index contributed by atoms with van der Waals surface area (Å²) in [6, 6.07) is 18.5. The van der Waals surface area contributed by atoms with E-state index in [1.54, 1.807) is 0 Å². The van der Waals surface area contributed by atoms with E-state index in [9.17, 15) is 0 Å². The van der Waals surface area contributed by atoms with Crippen molar-refractivity contribution in [1.82, 2.24) is 4.90 Å². The molecular formula is C15H16ClN. The molecule has 17 heavy (non-hydrogen) atoms. The van der Waals surface area contributed by atoms with Crippen LogP contribution in [0.3, 0.4) is 0 Å². The van der Waals surface area contributed by atoms with Gasteiger partial charge in [-0.1, -0.05) is 60.1 Å². The molecule has 0 aliphatic heterocycles. The number of rotatable bonds is 4. The van der Waals surface area contributed by atoms with Crippen LogP contribution < -0.4 is 0 Å². The number of hydrogen-bond acceptors (Lipinski definition) is 1. The molecular weight excluding hydrogens is 230 g/mol. The van der Waals surface area contributed by atoms with Crippen LogP contribution in [0.4, 0.5) is 0 Å². The molecule has 0 amide bonds. The van der Waals surface area contributed by atoms with Crippen molar-refractivity contribution in [2.45, 2.75) is 13.1 Å². The Kier molecular flexibility index (Phi) is 4.18. The third kappa shape index (κ3) is 3.58. The molecule has 0 fully saturated rings. The summed E-state index contributed by atoms with van der Waals surface area (Å²) in [6.07, 6.45) is 0. The van der Waals surface area contributed by atoms with E-state index in [1.807, 2.05) is 24.3 Å². The predicted octanol–water partition coefficient (Wildman–Crippen LogP) is 3.97. The maximum absolute atomic E-state index is 6.14. The van der Waals surface area contributed by atoms with Gasteiger partial charge in [0.2, 0.25) is 0 Å². The number of nitrogens with zero attached hydrogens (tertiary/aromatic N) is 1. The Morgan fingerprint density at radius 1 is 0.882 bits per heavy atom. The lowest BCUT2D eigenvalue weighted by Gasteiger charge is -2.17. The second-order valence-corrected chi connectivity index (χ2v) is 4.66. The van der Waals surface area contributed by atoms with Gasteiger partial charge in [-0.15, -0.1) is 0 Å². The maximum atomic E-state index is 6.14. The molecule has 2 aromatic rings. The quantitative estimate of drug-likeness (QED) is 0.788. The average Bonchev–Trinajstić information content (AvgIpc) is 2.33. The highest BCUT2D eigenvalue weighted by Crippen LogP contribution is 2.17. The van der Waals surface area contributed by atoms with Gasteiger partial charge in [0.1, 0.15) is 0 Å². The van der Waals surface area contributed by atoms with Gasteiger partial charge in [-0.2, -0.15) is 0 Å². The van der Waals surface area contributed by atoms with Gasteiger partial charge < -0.3 is 0 Å². The van der Waals surface area contributed by atoms with Crippen LogP contribution in [0, 0.1) is 0 Å². The largest absolute Gasteiger partial charge is 0.298 e. The van der Waals surface area contributed by atoms with Crippen LogP contribution in [0.2, 0.25) is 5.02 Å². The summed E-state index contributed by atoms with van der Waals surface area (Å²) in [7, 11) is 2.11. The normalized spacial score (nSPS) is 10.8. The number of halogens is 1. The van der Waals surface area contributed by atoms with Crippen LogP contribution in [0.25, 0.3) is 0 Å². The predicted molar refractivity (Wildman–Crippen MR) is 73.1 cm³/mol. The standard InChI is InChI=1S/C15H16ClN/c1-17(11-13-7-3-2-4-8-13)12-14-9-5-6-10-15(14)16/h2-10H,11-12H2,1H3. The van der Waals surface area contributed by atoms with Gasteiger partial charge in [-0.25, -0.2) is 0 Å². The minimum Gasteiger partial charge on any atom is -0.298 e. The van der Waals surface area contributed by atoms with Crippen molar-refractivity contribution in [1.29, 1.82) is 0 Å². The van der Waals surface area contributed by atoms with Crippen molar-refractivity contribution in [3.8, 4) is 0 Å². The minimum absolute atomic E-state index is 0.840. The van der Waals surface area contributed by atoms with E-state index >= 15 is 0 Å². The first-order valence-electron chi connectivity index (χ1n) is 5.71. The average molecular weight is 246 g/mol. The highest BCUT2D eigenvalue weighted by molar-refractivity contribution is 6.31. The van der Waals surface area contributed by atoms with E-state index in [2.05, 4.69) is 42.3 Å². The summed E-state index contributed by atoms with van der Waals surface area (Å²) >= 11 is 6.14. The smallest absolute Gasteiger partial charge is 0.0451 e. The number of hydrogen-bond donors (Lipinski definition) is 0. The first-order valence-corrected chi connectivity index (χ1v) is 6.09. The Hall–Kier alpha value is -1.31. The molecule has 0 radical (unpaired) electrons. The highest BCUT2D eigenvalue weighted by atomic mass is 35.5. The van der Waals surface area contributed by atoms with Gasteiger partial charge in [-0.3, -0.25) is 4.90 Å². The second kappa shape index (κ2) is 5.85. The summed E-state index contributed by atoms with van der Waals surface area (Å²) in [5, 5.41) is 0.840. The monoisotopic (exact) mass is 245 g/mol. The third-order valence-electron chi connectivity index (χ3n) is 2.69. The molecule has 2 aromatic carbocycles. The molecule has 0 bridgehead atoms. The first kappa shape index (κ1) is 12.2. The molecule has 0 unspecified atom stereocenters. The molecule has 0 aliphatic carbocycles. The van der Waals surface area contributed by atoms with Crippen LogP contribution in [-0.2, 0) is 13.1 Å². The van der Waals surface area contributed by atoms with Gasteiger partial charge in [0.25, 0.3) is 0 Å². The maximum Gasteiger partial charge on any atom is 0.0451 e. The van der Waals surface area contributed by atoms with Gasteiger partial charge in [0.15, 0.2) is 0 Å². The molecule has 0 aliphatic rings. The Morgan fingerprint density at radius 2 is 1.53 bits per heavy atom. The molecule has 1 nitrogen and oxygen atoms in total. The van der Waals surface area contributed by atoms with Crippen LogP contribution in [0.1, 0.15) is 11.1 Å². The van der Waals surface area contributed by atoms with Crippen LogP contribution in [-0.4, -0.2) is 11.9 Å². The van der Waals surface area contributed by atoms with Crippen molar-refractivity contribution >= 4 is 11.6 Å². The van der Waals surface area contributed by atoms with Crippen molar-refractivity contribution in [3.63, 3.8) is 0 Å². The van der Waals surface area contributed by atoms with Gasteiger partial charge in [0.05, 0.1) is 0 Å². The number of benzene rings is 2. The van der Waals surface area contributed by atoms with Crippen LogP contribution in [0.15, 0.2) is 54.6 Å². The van der Waals surface area contributed by atoms with E-state index in [-0.39, 0.29) is 0 Å². The van der Waals surface area contributed by atoms with Crippen LogP contribution >= 0.6 is 11.6 Å². The van der Waals surface area contributed by atoms with Crippen LogP contribution in [0.5, 0.6) is 0 Å². The lowest BCUT2D eigenvalue weighted by Crippen LogP contribution is -2.17. The Bertz CT molecular complexity index is 467. The van der Waals surface area contributed by atoms with E-state index in [4.69, 9.17) is 11.6 Å². The Labute approximate surface area is 108 Å². The molecule has 0 saturated heterocycles. The van der Waals surface area contributed by atoms with E-state index in [0.717, 1.165) is 18.1 Å². The summed E-state index contributed by atoms with van der Waals surface area (Å²) < 4.78 is 0. The fourth-order valence-electron chi connectivity index (χ4n) is 1.87. The highest BCUT2D eigenvalue weighted by Gasteiger charge is 2.04. The molecule has 0 saturated carbocycles. The zero-order valence-electron chi connectivity index (χ0n) is 9.94. The fourth-order valence-corrected chi connectivity index (χ4v) is 2.06. The van der Waals surface area contributed by atoms with E-state index in [1.165, 1.54) is 11.1 Å². The Morgan fingerprint density at radius 3 is 2.24 bits per heavy atom. The van der Waals surface area contributed by atoms with E-state index < -0.39 is 0 Å². The lowest BCUT2D eigenvalue weighted by atomic mass is 10.2. The Balaban J connectivity index is 1.98. The molecule has 0 N–H and O–H groups in total. The summed E-state index contributed by atoms with van der Waals surface area (Å²) in [5.41, 5.74) is 2.50. The summed E-state index contributed by atoms with van der Waals surface area (Å²) in [4.78, 5) is 2.26. The van der Waals surface area contributed by atoms with Crippen molar-refractivity contribution < 1.29 is 0 Å². The minimum atomic E-state index is 0.840. The van der Waals surface area contributed by atoms with Gasteiger partial charge >= 0.3 is 0 Å². The molecule has 0 spiro atoms. The lowest BCUT2D eigenvalue weighted by molar-refractivity contribution is 0.319. The molecule has 2 rings (SSSR count). The topological polar surface area (TPSA) is 3.24 Å². The van der Waals surface area contributed by atoms with Crippen molar-refractivity contribution in [2.24, 2.45) is 0 Å². The first-order chi connectivity index (χ1) is 8.25.